The average molecular weight is 236 g/mol. The van der Waals surface area contributed by atoms with Crippen LogP contribution in [0.3, 0.4) is 0 Å². The van der Waals surface area contributed by atoms with Gasteiger partial charge in [-0.1, -0.05) is 50.8 Å². The molecule has 1 heteroatoms. The van der Waals surface area contributed by atoms with E-state index >= 15 is 0 Å². The van der Waals surface area contributed by atoms with Crippen LogP contribution in [0.25, 0.3) is 0 Å². The quantitative estimate of drug-likeness (QED) is 0.196. The standard InChI is InChI=1S/C16H28O/c1-2-3-4-5-6-7-8-9-10-11-12-13-14-15-16-17/h6-7,14-16H,2-5,8-13H2,1H3/b7-6?,15-14-. The van der Waals surface area contributed by atoms with Crippen molar-refractivity contribution in [3.63, 3.8) is 0 Å². The van der Waals surface area contributed by atoms with Crippen LogP contribution < -0.4 is 0 Å². The van der Waals surface area contributed by atoms with Gasteiger partial charge in [0.15, 0.2) is 0 Å². The molecule has 0 aliphatic rings. The van der Waals surface area contributed by atoms with Crippen LogP contribution in [0.15, 0.2) is 24.3 Å². The third kappa shape index (κ3) is 15.1. The number of hydrogen-bond donors (Lipinski definition) is 0. The lowest BCUT2D eigenvalue weighted by Crippen LogP contribution is -1.77. The number of rotatable bonds is 12. The Labute approximate surface area is 107 Å². The maximum Gasteiger partial charge on any atom is 0.142 e. The molecule has 0 unspecified atom stereocenters. The summed E-state index contributed by atoms with van der Waals surface area (Å²) in [5.41, 5.74) is 0. The lowest BCUT2D eigenvalue weighted by Gasteiger charge is -1.97. The maximum atomic E-state index is 10.0. The van der Waals surface area contributed by atoms with E-state index in [0.29, 0.717) is 0 Å². The van der Waals surface area contributed by atoms with Crippen LogP contribution in [0.5, 0.6) is 0 Å². The lowest BCUT2D eigenvalue weighted by atomic mass is 10.1. The van der Waals surface area contributed by atoms with E-state index in [0.717, 1.165) is 12.7 Å². The third-order valence-electron chi connectivity index (χ3n) is 2.85. The summed E-state index contributed by atoms with van der Waals surface area (Å²) < 4.78 is 0. The zero-order valence-electron chi connectivity index (χ0n) is 11.4. The van der Waals surface area contributed by atoms with E-state index in [1.54, 1.807) is 6.08 Å². The highest BCUT2D eigenvalue weighted by atomic mass is 16.1. The van der Waals surface area contributed by atoms with Gasteiger partial charge in [-0.15, -0.1) is 0 Å². The molecule has 0 N–H and O–H groups in total. The van der Waals surface area contributed by atoms with Gasteiger partial charge >= 0.3 is 0 Å². The highest BCUT2D eigenvalue weighted by molar-refractivity contribution is 5.64. The fraction of sp³-hybridized carbons (Fsp3) is 0.688. The van der Waals surface area contributed by atoms with Crippen molar-refractivity contribution >= 4 is 6.29 Å². The molecular weight excluding hydrogens is 208 g/mol. The molecule has 17 heavy (non-hydrogen) atoms. The summed E-state index contributed by atoms with van der Waals surface area (Å²) >= 11 is 0. The topological polar surface area (TPSA) is 17.1 Å². The first-order valence-corrected chi connectivity index (χ1v) is 7.17. The molecule has 0 aliphatic heterocycles. The molecule has 0 aromatic carbocycles. The Bertz CT molecular complexity index is 204. The van der Waals surface area contributed by atoms with Gasteiger partial charge in [0, 0.05) is 0 Å². The SMILES string of the molecule is CCCCCC=CCCCCCC/C=C\C=O. The van der Waals surface area contributed by atoms with Crippen LogP contribution in [0.4, 0.5) is 0 Å². The molecule has 1 nitrogen and oxygen atoms in total. The first kappa shape index (κ1) is 16.1. The van der Waals surface area contributed by atoms with Crippen molar-refractivity contribution in [3.8, 4) is 0 Å². The molecule has 0 aliphatic carbocycles. The zero-order chi connectivity index (χ0) is 12.6. The molecule has 0 fully saturated rings. The summed E-state index contributed by atoms with van der Waals surface area (Å²) in [5, 5.41) is 0. The minimum atomic E-state index is 0.851. The number of carbonyl (C=O) groups is 1. The number of allylic oxidation sites excluding steroid dienone is 4. The van der Waals surface area contributed by atoms with Crippen molar-refractivity contribution in [2.45, 2.75) is 71.1 Å². The molecule has 0 saturated heterocycles. The van der Waals surface area contributed by atoms with Crippen molar-refractivity contribution in [1.82, 2.24) is 0 Å². The van der Waals surface area contributed by atoms with E-state index in [4.69, 9.17) is 0 Å². The predicted molar refractivity (Wildman–Crippen MR) is 76.2 cm³/mol. The maximum absolute atomic E-state index is 10.0. The molecule has 0 heterocycles. The Balaban J connectivity index is 3.07. The van der Waals surface area contributed by atoms with Crippen molar-refractivity contribution in [3.05, 3.63) is 24.3 Å². The van der Waals surface area contributed by atoms with Gasteiger partial charge in [-0.25, -0.2) is 0 Å². The van der Waals surface area contributed by atoms with E-state index in [2.05, 4.69) is 19.1 Å². The first-order valence-electron chi connectivity index (χ1n) is 7.17. The van der Waals surface area contributed by atoms with E-state index < -0.39 is 0 Å². The van der Waals surface area contributed by atoms with Crippen LogP contribution in [0.1, 0.15) is 71.1 Å². The molecule has 0 aromatic rings. The molecule has 0 atom stereocenters. The van der Waals surface area contributed by atoms with E-state index in [1.807, 2.05) is 6.08 Å². The lowest BCUT2D eigenvalue weighted by molar-refractivity contribution is -0.104. The van der Waals surface area contributed by atoms with Crippen molar-refractivity contribution in [2.75, 3.05) is 0 Å². The smallest absolute Gasteiger partial charge is 0.142 e. The predicted octanol–water partition coefficient (Wildman–Crippen LogP) is 5.22. The normalized spacial score (nSPS) is 11.6. The van der Waals surface area contributed by atoms with Gasteiger partial charge in [0.05, 0.1) is 0 Å². The first-order chi connectivity index (χ1) is 8.41. The summed E-state index contributed by atoms with van der Waals surface area (Å²) in [5.74, 6) is 0. The highest BCUT2D eigenvalue weighted by Gasteiger charge is 1.87. The van der Waals surface area contributed by atoms with Crippen molar-refractivity contribution in [1.29, 1.82) is 0 Å². The van der Waals surface area contributed by atoms with Crippen LogP contribution in [0, 0.1) is 0 Å². The Kier molecular flexibility index (Phi) is 14.4. The second-order valence-corrected chi connectivity index (χ2v) is 4.52. The largest absolute Gasteiger partial charge is 0.299 e. The van der Waals surface area contributed by atoms with E-state index in [-0.39, 0.29) is 0 Å². The Morgan fingerprint density at radius 2 is 1.24 bits per heavy atom. The number of unbranched alkanes of at least 4 members (excludes halogenated alkanes) is 8. The Morgan fingerprint density at radius 1 is 0.706 bits per heavy atom. The number of aldehydes is 1. The van der Waals surface area contributed by atoms with Crippen LogP contribution in [0.2, 0.25) is 0 Å². The summed E-state index contributed by atoms with van der Waals surface area (Å²) in [6.45, 7) is 2.24. The van der Waals surface area contributed by atoms with E-state index in [1.165, 1.54) is 57.8 Å². The average Bonchev–Trinajstić information content (AvgIpc) is 2.35. The van der Waals surface area contributed by atoms with Gasteiger partial charge in [-0.2, -0.15) is 0 Å². The summed E-state index contributed by atoms with van der Waals surface area (Å²) in [6, 6.07) is 0. The van der Waals surface area contributed by atoms with Crippen LogP contribution in [-0.4, -0.2) is 6.29 Å². The van der Waals surface area contributed by atoms with Gasteiger partial charge in [-0.3, -0.25) is 4.79 Å². The second-order valence-electron chi connectivity index (χ2n) is 4.52. The molecule has 0 spiro atoms. The van der Waals surface area contributed by atoms with Gasteiger partial charge in [0.25, 0.3) is 0 Å². The Morgan fingerprint density at radius 3 is 1.76 bits per heavy atom. The molecule has 0 rings (SSSR count). The summed E-state index contributed by atoms with van der Waals surface area (Å²) in [6.07, 6.45) is 21.7. The van der Waals surface area contributed by atoms with Crippen LogP contribution in [-0.2, 0) is 4.79 Å². The molecule has 98 valence electrons. The van der Waals surface area contributed by atoms with Crippen LogP contribution >= 0.6 is 0 Å². The minimum Gasteiger partial charge on any atom is -0.299 e. The molecule has 0 amide bonds. The fourth-order valence-electron chi connectivity index (χ4n) is 1.78. The molecule has 0 bridgehead atoms. The Hall–Kier alpha value is -0.850. The number of carbonyl (C=O) groups excluding carboxylic acids is 1. The summed E-state index contributed by atoms with van der Waals surface area (Å²) in [7, 11) is 0. The second kappa shape index (κ2) is 15.1. The molecule has 0 saturated carbocycles. The highest BCUT2D eigenvalue weighted by Crippen LogP contribution is 2.07. The minimum absolute atomic E-state index is 0.851. The van der Waals surface area contributed by atoms with Gasteiger partial charge in [0.1, 0.15) is 6.29 Å². The zero-order valence-corrected chi connectivity index (χ0v) is 11.4. The number of hydrogen-bond acceptors (Lipinski definition) is 1. The third-order valence-corrected chi connectivity index (χ3v) is 2.85. The van der Waals surface area contributed by atoms with Crippen molar-refractivity contribution in [2.24, 2.45) is 0 Å². The molecule has 0 aromatic heterocycles. The molecular formula is C16H28O. The van der Waals surface area contributed by atoms with Gasteiger partial charge < -0.3 is 0 Å². The van der Waals surface area contributed by atoms with Gasteiger partial charge in [-0.05, 0) is 44.6 Å². The van der Waals surface area contributed by atoms with Gasteiger partial charge in [0.2, 0.25) is 0 Å². The van der Waals surface area contributed by atoms with E-state index in [9.17, 15) is 4.79 Å². The fourth-order valence-corrected chi connectivity index (χ4v) is 1.78. The van der Waals surface area contributed by atoms with Crippen molar-refractivity contribution < 1.29 is 4.79 Å². The monoisotopic (exact) mass is 236 g/mol. The summed E-state index contributed by atoms with van der Waals surface area (Å²) in [4.78, 5) is 10.0. The molecule has 0 radical (unpaired) electrons.